The summed E-state index contributed by atoms with van der Waals surface area (Å²) in [5.74, 6) is 0.672. The predicted octanol–water partition coefficient (Wildman–Crippen LogP) is 1.96. The van der Waals surface area contributed by atoms with Gasteiger partial charge in [-0.2, -0.15) is 0 Å². The van der Waals surface area contributed by atoms with Gasteiger partial charge >= 0.3 is 11.7 Å². The molecule has 0 aromatic carbocycles. The van der Waals surface area contributed by atoms with E-state index in [4.69, 9.17) is 4.74 Å². The molecule has 0 spiro atoms. The fourth-order valence-corrected chi connectivity index (χ4v) is 3.75. The van der Waals surface area contributed by atoms with Crippen molar-refractivity contribution in [2.75, 3.05) is 0 Å². The normalized spacial score (nSPS) is 24.0. The minimum atomic E-state index is -0.596. The molecule has 0 aliphatic heterocycles. The number of H-pyrrole nitrogens is 2. The van der Waals surface area contributed by atoms with Gasteiger partial charge in [-0.3, -0.25) is 14.6 Å². The fraction of sp³-hybridized carbons (Fsp3) is 0.688. The van der Waals surface area contributed by atoms with Crippen molar-refractivity contribution in [1.82, 2.24) is 9.97 Å². The van der Waals surface area contributed by atoms with E-state index in [0.29, 0.717) is 24.0 Å². The zero-order chi connectivity index (χ0) is 16.3. The van der Waals surface area contributed by atoms with E-state index in [1.165, 1.54) is 12.5 Å². The molecule has 1 aliphatic rings. The van der Waals surface area contributed by atoms with Crippen molar-refractivity contribution in [2.45, 2.75) is 53.1 Å². The quantitative estimate of drug-likeness (QED) is 0.832. The van der Waals surface area contributed by atoms with Crippen LogP contribution in [0.1, 0.15) is 52.1 Å². The zero-order valence-electron chi connectivity index (χ0n) is 13.4. The molecule has 1 fully saturated rings. The molecule has 2 atom stereocenters. The highest BCUT2D eigenvalue weighted by Gasteiger charge is 2.33. The number of hydrogen-bond acceptors (Lipinski definition) is 4. The summed E-state index contributed by atoms with van der Waals surface area (Å²) in [7, 11) is 0. The molecule has 1 aromatic rings. The summed E-state index contributed by atoms with van der Waals surface area (Å²) in [4.78, 5) is 38.8. The molecule has 2 unspecified atom stereocenters. The number of hydrogen-bond donors (Lipinski definition) is 2. The van der Waals surface area contributed by atoms with Crippen LogP contribution < -0.4 is 11.2 Å². The van der Waals surface area contributed by atoms with E-state index >= 15 is 0 Å². The van der Waals surface area contributed by atoms with Gasteiger partial charge in [0.25, 0.3) is 5.56 Å². The monoisotopic (exact) mass is 308 g/mol. The Bertz CT molecular complexity index is 616. The van der Waals surface area contributed by atoms with E-state index in [-0.39, 0.29) is 18.0 Å². The molecule has 1 saturated carbocycles. The molecular formula is C16H24N2O4. The van der Waals surface area contributed by atoms with Gasteiger partial charge in [0.1, 0.15) is 6.61 Å². The summed E-state index contributed by atoms with van der Waals surface area (Å²) in [6.07, 6.45) is 3.64. The lowest BCUT2D eigenvalue weighted by Crippen LogP contribution is -2.29. The molecule has 0 radical (unpaired) electrons. The molecule has 0 saturated heterocycles. The Kier molecular flexibility index (Phi) is 4.88. The lowest BCUT2D eigenvalue weighted by molar-refractivity contribution is -0.147. The highest BCUT2D eigenvalue weighted by molar-refractivity contribution is 5.69. The first kappa shape index (κ1) is 16.5. The first-order valence-corrected chi connectivity index (χ1v) is 7.72. The highest BCUT2D eigenvalue weighted by atomic mass is 16.5. The van der Waals surface area contributed by atoms with E-state index in [1.54, 1.807) is 0 Å². The van der Waals surface area contributed by atoms with Crippen molar-refractivity contribution in [3.05, 3.63) is 32.6 Å². The number of aromatic amines is 2. The van der Waals surface area contributed by atoms with E-state index in [1.807, 2.05) is 0 Å². The molecular weight excluding hydrogens is 284 g/mol. The van der Waals surface area contributed by atoms with Crippen LogP contribution in [0.3, 0.4) is 0 Å². The van der Waals surface area contributed by atoms with Crippen molar-refractivity contribution >= 4 is 5.97 Å². The van der Waals surface area contributed by atoms with Crippen molar-refractivity contribution in [2.24, 2.45) is 17.3 Å². The van der Waals surface area contributed by atoms with E-state index in [9.17, 15) is 14.4 Å². The van der Waals surface area contributed by atoms with Gasteiger partial charge in [0.2, 0.25) is 0 Å². The molecule has 2 rings (SSSR count). The SMILES string of the molecule is CC1CC(CC(=O)OCc2cc(=O)[nH]c(=O)[nH]2)CC(C)(C)C1. The van der Waals surface area contributed by atoms with Crippen LogP contribution >= 0.6 is 0 Å². The molecule has 0 bridgehead atoms. The van der Waals surface area contributed by atoms with Crippen molar-refractivity contribution in [3.8, 4) is 0 Å². The molecule has 0 amide bonds. The molecule has 1 aliphatic carbocycles. The standard InChI is InChI=1S/C16H24N2O4/c1-10-4-11(8-16(2,3)7-10)5-14(20)22-9-12-6-13(19)18-15(21)17-12/h6,10-11H,4-5,7-9H2,1-3H3,(H2,17,18,19,21). The minimum absolute atomic E-state index is 0.0797. The van der Waals surface area contributed by atoms with Gasteiger partial charge in [0.05, 0.1) is 5.69 Å². The Morgan fingerprint density at radius 3 is 2.68 bits per heavy atom. The summed E-state index contributed by atoms with van der Waals surface area (Å²) < 4.78 is 5.18. The van der Waals surface area contributed by atoms with E-state index in [0.717, 1.165) is 12.8 Å². The third kappa shape index (κ3) is 4.86. The number of aromatic nitrogens is 2. The van der Waals surface area contributed by atoms with Gasteiger partial charge in [-0.15, -0.1) is 0 Å². The first-order chi connectivity index (χ1) is 10.2. The Morgan fingerprint density at radius 1 is 1.32 bits per heavy atom. The number of carbonyl (C=O) groups is 1. The molecule has 2 N–H and O–H groups in total. The van der Waals surface area contributed by atoms with Crippen LogP contribution in [0.4, 0.5) is 0 Å². The molecule has 22 heavy (non-hydrogen) atoms. The number of ether oxygens (including phenoxy) is 1. The summed E-state index contributed by atoms with van der Waals surface area (Å²) >= 11 is 0. The topological polar surface area (TPSA) is 92.0 Å². The molecule has 1 heterocycles. The Hall–Kier alpha value is -1.85. The smallest absolute Gasteiger partial charge is 0.326 e. The summed E-state index contributed by atoms with van der Waals surface area (Å²) in [6, 6.07) is 1.22. The van der Waals surface area contributed by atoms with Gasteiger partial charge in [-0.25, -0.2) is 4.79 Å². The Balaban J connectivity index is 1.87. The lowest BCUT2D eigenvalue weighted by Gasteiger charge is -2.38. The van der Waals surface area contributed by atoms with Crippen LogP contribution in [0.25, 0.3) is 0 Å². The van der Waals surface area contributed by atoms with Crippen LogP contribution in [0, 0.1) is 17.3 Å². The van der Waals surface area contributed by atoms with Crippen molar-refractivity contribution < 1.29 is 9.53 Å². The van der Waals surface area contributed by atoms with Crippen LogP contribution in [-0.2, 0) is 16.1 Å². The van der Waals surface area contributed by atoms with Gasteiger partial charge in [-0.1, -0.05) is 20.8 Å². The number of nitrogens with one attached hydrogen (secondary N) is 2. The van der Waals surface area contributed by atoms with Gasteiger partial charge in [0.15, 0.2) is 0 Å². The zero-order valence-corrected chi connectivity index (χ0v) is 13.4. The maximum Gasteiger partial charge on any atom is 0.326 e. The van der Waals surface area contributed by atoms with Gasteiger partial charge < -0.3 is 9.72 Å². The van der Waals surface area contributed by atoms with Crippen LogP contribution in [0.5, 0.6) is 0 Å². The maximum absolute atomic E-state index is 12.0. The molecule has 1 aromatic heterocycles. The number of rotatable bonds is 4. The second kappa shape index (κ2) is 6.50. The predicted molar refractivity (Wildman–Crippen MR) is 82.4 cm³/mol. The Morgan fingerprint density at radius 2 is 2.05 bits per heavy atom. The maximum atomic E-state index is 12.0. The van der Waals surface area contributed by atoms with E-state index in [2.05, 4.69) is 30.7 Å². The second-order valence-corrected chi connectivity index (χ2v) is 7.26. The molecule has 122 valence electrons. The Labute approximate surface area is 129 Å². The van der Waals surface area contributed by atoms with E-state index < -0.39 is 11.2 Å². The largest absolute Gasteiger partial charge is 0.459 e. The first-order valence-electron chi connectivity index (χ1n) is 7.72. The third-order valence-electron chi connectivity index (χ3n) is 4.14. The highest BCUT2D eigenvalue weighted by Crippen LogP contribution is 2.42. The summed E-state index contributed by atoms with van der Waals surface area (Å²) in [5, 5.41) is 0. The minimum Gasteiger partial charge on any atom is -0.459 e. The van der Waals surface area contributed by atoms with Crippen LogP contribution in [-0.4, -0.2) is 15.9 Å². The lowest BCUT2D eigenvalue weighted by atomic mass is 9.67. The second-order valence-electron chi connectivity index (χ2n) is 7.26. The molecule has 6 nitrogen and oxygen atoms in total. The average molecular weight is 308 g/mol. The summed E-state index contributed by atoms with van der Waals surface area (Å²) in [5.41, 5.74) is -0.529. The van der Waals surface area contributed by atoms with Gasteiger partial charge in [-0.05, 0) is 36.5 Å². The van der Waals surface area contributed by atoms with Crippen molar-refractivity contribution in [1.29, 1.82) is 0 Å². The van der Waals surface area contributed by atoms with Crippen LogP contribution in [0.2, 0.25) is 0 Å². The molecule has 6 heteroatoms. The van der Waals surface area contributed by atoms with Gasteiger partial charge in [0, 0.05) is 12.5 Å². The number of esters is 1. The van der Waals surface area contributed by atoms with Crippen LogP contribution in [0.15, 0.2) is 15.7 Å². The van der Waals surface area contributed by atoms with Crippen molar-refractivity contribution in [3.63, 3.8) is 0 Å². The average Bonchev–Trinajstić information content (AvgIpc) is 2.32. The number of carbonyl (C=O) groups excluding carboxylic acids is 1. The summed E-state index contributed by atoms with van der Waals surface area (Å²) in [6.45, 7) is 6.62. The fourth-order valence-electron chi connectivity index (χ4n) is 3.75. The third-order valence-corrected chi connectivity index (χ3v) is 4.14.